The van der Waals surface area contributed by atoms with Crippen molar-refractivity contribution in [3.8, 4) is 0 Å². The highest BCUT2D eigenvalue weighted by atomic mass is 35.5. The van der Waals surface area contributed by atoms with Crippen molar-refractivity contribution in [2.75, 3.05) is 17.7 Å². The van der Waals surface area contributed by atoms with E-state index in [-0.39, 0.29) is 24.0 Å². The van der Waals surface area contributed by atoms with Gasteiger partial charge in [0.15, 0.2) is 16.4 Å². The third kappa shape index (κ3) is 4.50. The van der Waals surface area contributed by atoms with Crippen LogP contribution in [0.3, 0.4) is 0 Å². The Morgan fingerprint density at radius 3 is 3.04 bits per heavy atom. The van der Waals surface area contributed by atoms with Crippen molar-refractivity contribution in [2.24, 2.45) is 0 Å². The molecule has 1 N–H and O–H groups in total. The molecular weight excluding hydrogens is 386 g/mol. The number of ether oxygens (including phenoxy) is 1. The third-order valence-corrected chi connectivity index (χ3v) is 4.71. The molecule has 25 heavy (non-hydrogen) atoms. The van der Waals surface area contributed by atoms with Gasteiger partial charge in [-0.25, -0.2) is 14.8 Å². The summed E-state index contributed by atoms with van der Waals surface area (Å²) in [5, 5.41) is 5.43. The number of hydrogen-bond donors (Lipinski definition) is 1. The number of hydrogen-bond acceptors (Lipinski definition) is 8. The van der Waals surface area contributed by atoms with Crippen LogP contribution >= 0.6 is 34.7 Å². The molecule has 3 rings (SSSR count). The fourth-order valence-electron chi connectivity index (χ4n) is 1.85. The standard InChI is InChI=1S/C15H12ClN3O4S2/c1-2-22-13(21)10-6-24-14(17-10)19-12(20)7-25-15-18-9-5-8(16)3-4-11(9)23-15/h3-6H,2,7H2,1H3,(H,17,19,20). The number of carbonyl (C=O) groups is 2. The number of esters is 1. The summed E-state index contributed by atoms with van der Waals surface area (Å²) < 4.78 is 10.4. The molecule has 10 heteroatoms. The maximum Gasteiger partial charge on any atom is 0.357 e. The Labute approximate surface area is 155 Å². The SMILES string of the molecule is CCOC(=O)c1csc(NC(=O)CSc2nc3cc(Cl)ccc3o2)n1. The predicted molar refractivity (Wildman–Crippen MR) is 96.4 cm³/mol. The van der Waals surface area contributed by atoms with Crippen molar-refractivity contribution >= 4 is 62.8 Å². The van der Waals surface area contributed by atoms with Crippen LogP contribution in [-0.2, 0) is 9.53 Å². The first-order valence-corrected chi connectivity index (χ1v) is 9.41. The predicted octanol–water partition coefficient (Wildman–Crippen LogP) is 3.85. The van der Waals surface area contributed by atoms with Crippen molar-refractivity contribution < 1.29 is 18.7 Å². The Kier molecular flexibility index (Phi) is 5.57. The molecule has 0 fully saturated rings. The first kappa shape index (κ1) is 17.7. The van der Waals surface area contributed by atoms with Gasteiger partial charge in [0, 0.05) is 10.4 Å². The number of aromatic nitrogens is 2. The quantitative estimate of drug-likeness (QED) is 0.498. The lowest BCUT2D eigenvalue weighted by molar-refractivity contribution is -0.113. The number of halogens is 1. The van der Waals surface area contributed by atoms with E-state index in [0.717, 1.165) is 23.1 Å². The molecule has 0 atom stereocenters. The van der Waals surface area contributed by atoms with Crippen LogP contribution in [0.2, 0.25) is 5.02 Å². The van der Waals surface area contributed by atoms with Gasteiger partial charge >= 0.3 is 5.97 Å². The molecule has 0 saturated carbocycles. The number of thioether (sulfide) groups is 1. The van der Waals surface area contributed by atoms with Crippen LogP contribution in [0.25, 0.3) is 11.1 Å². The summed E-state index contributed by atoms with van der Waals surface area (Å²) in [5.41, 5.74) is 1.41. The van der Waals surface area contributed by atoms with Crippen LogP contribution in [0.15, 0.2) is 33.2 Å². The average molecular weight is 398 g/mol. The smallest absolute Gasteiger partial charge is 0.357 e. The van der Waals surface area contributed by atoms with Gasteiger partial charge in [-0.15, -0.1) is 11.3 Å². The molecule has 0 aliphatic rings. The monoisotopic (exact) mass is 397 g/mol. The molecule has 3 aromatic rings. The van der Waals surface area contributed by atoms with E-state index in [1.54, 1.807) is 25.1 Å². The zero-order chi connectivity index (χ0) is 17.8. The Balaban J connectivity index is 1.56. The average Bonchev–Trinajstić information content (AvgIpc) is 3.19. The second-order valence-electron chi connectivity index (χ2n) is 4.69. The molecule has 0 radical (unpaired) electrons. The Morgan fingerprint density at radius 1 is 1.40 bits per heavy atom. The summed E-state index contributed by atoms with van der Waals surface area (Å²) in [5.74, 6) is -0.705. The van der Waals surface area contributed by atoms with E-state index in [0.29, 0.717) is 26.5 Å². The minimum atomic E-state index is -0.515. The van der Waals surface area contributed by atoms with Crippen LogP contribution in [0.5, 0.6) is 0 Å². The molecule has 1 aromatic carbocycles. The molecular formula is C15H12ClN3O4S2. The van der Waals surface area contributed by atoms with Crippen LogP contribution in [0.1, 0.15) is 17.4 Å². The van der Waals surface area contributed by atoms with Gasteiger partial charge < -0.3 is 14.5 Å². The van der Waals surface area contributed by atoms with Crippen LogP contribution < -0.4 is 5.32 Å². The first-order valence-electron chi connectivity index (χ1n) is 7.16. The molecule has 130 valence electrons. The number of thiazole rings is 1. The molecule has 0 aliphatic heterocycles. The van der Waals surface area contributed by atoms with Crippen molar-refractivity contribution in [3.05, 3.63) is 34.3 Å². The van der Waals surface area contributed by atoms with Crippen LogP contribution in [0.4, 0.5) is 5.13 Å². The Hall–Kier alpha value is -2.10. The molecule has 0 saturated heterocycles. The summed E-state index contributed by atoms with van der Waals surface area (Å²) >= 11 is 8.20. The molecule has 2 heterocycles. The Morgan fingerprint density at radius 2 is 2.24 bits per heavy atom. The van der Waals surface area contributed by atoms with E-state index < -0.39 is 5.97 Å². The third-order valence-electron chi connectivity index (χ3n) is 2.89. The van der Waals surface area contributed by atoms with Crippen molar-refractivity contribution in [3.63, 3.8) is 0 Å². The highest BCUT2D eigenvalue weighted by Gasteiger charge is 2.14. The van der Waals surface area contributed by atoms with E-state index in [9.17, 15) is 9.59 Å². The summed E-state index contributed by atoms with van der Waals surface area (Å²) in [6.45, 7) is 1.98. The number of carbonyl (C=O) groups excluding carboxylic acids is 2. The van der Waals surface area contributed by atoms with Crippen LogP contribution in [0, 0.1) is 0 Å². The second kappa shape index (κ2) is 7.85. The van der Waals surface area contributed by atoms with E-state index in [2.05, 4.69) is 15.3 Å². The fourth-order valence-corrected chi connectivity index (χ4v) is 3.35. The van der Waals surface area contributed by atoms with E-state index in [4.69, 9.17) is 20.8 Å². The largest absolute Gasteiger partial charge is 0.461 e. The van der Waals surface area contributed by atoms with E-state index in [1.807, 2.05) is 0 Å². The first-order chi connectivity index (χ1) is 12.0. The van der Waals surface area contributed by atoms with Crippen molar-refractivity contribution in [1.29, 1.82) is 0 Å². The van der Waals surface area contributed by atoms with Gasteiger partial charge in [0.2, 0.25) is 5.91 Å². The zero-order valence-corrected chi connectivity index (χ0v) is 15.3. The minimum absolute atomic E-state index is 0.0921. The lowest BCUT2D eigenvalue weighted by Gasteiger charge is -1.99. The topological polar surface area (TPSA) is 94.3 Å². The highest BCUT2D eigenvalue weighted by molar-refractivity contribution is 7.99. The summed E-state index contributed by atoms with van der Waals surface area (Å²) in [4.78, 5) is 31.8. The van der Waals surface area contributed by atoms with Gasteiger partial charge in [-0.3, -0.25) is 4.79 Å². The summed E-state index contributed by atoms with van der Waals surface area (Å²) in [6.07, 6.45) is 0. The van der Waals surface area contributed by atoms with E-state index in [1.165, 1.54) is 5.38 Å². The van der Waals surface area contributed by atoms with E-state index >= 15 is 0 Å². The lowest BCUT2D eigenvalue weighted by atomic mass is 10.3. The van der Waals surface area contributed by atoms with Gasteiger partial charge in [0.25, 0.3) is 5.22 Å². The van der Waals surface area contributed by atoms with Crippen LogP contribution in [-0.4, -0.2) is 34.2 Å². The molecule has 7 nitrogen and oxygen atoms in total. The number of anilines is 1. The van der Waals surface area contributed by atoms with Gasteiger partial charge in [-0.2, -0.15) is 0 Å². The maximum absolute atomic E-state index is 12.0. The zero-order valence-electron chi connectivity index (χ0n) is 12.9. The number of oxazole rings is 1. The molecule has 0 bridgehead atoms. The Bertz CT molecular complexity index is 925. The molecule has 1 amide bonds. The number of benzene rings is 1. The maximum atomic E-state index is 12.0. The number of nitrogens with zero attached hydrogens (tertiary/aromatic N) is 2. The second-order valence-corrected chi connectivity index (χ2v) is 6.91. The number of rotatable bonds is 6. The van der Waals surface area contributed by atoms with Gasteiger partial charge in [-0.05, 0) is 25.1 Å². The summed E-state index contributed by atoms with van der Waals surface area (Å²) in [7, 11) is 0. The summed E-state index contributed by atoms with van der Waals surface area (Å²) in [6, 6.07) is 5.12. The lowest BCUT2D eigenvalue weighted by Crippen LogP contribution is -2.14. The van der Waals surface area contributed by atoms with Gasteiger partial charge in [-0.1, -0.05) is 23.4 Å². The molecule has 0 spiro atoms. The van der Waals surface area contributed by atoms with Crippen molar-refractivity contribution in [1.82, 2.24) is 9.97 Å². The minimum Gasteiger partial charge on any atom is -0.461 e. The molecule has 2 aromatic heterocycles. The highest BCUT2D eigenvalue weighted by Crippen LogP contribution is 2.25. The van der Waals surface area contributed by atoms with Gasteiger partial charge in [0.1, 0.15) is 5.52 Å². The number of nitrogens with one attached hydrogen (secondary N) is 1. The molecule has 0 unspecified atom stereocenters. The fraction of sp³-hybridized carbons (Fsp3) is 0.200. The molecule has 0 aliphatic carbocycles. The number of amides is 1. The van der Waals surface area contributed by atoms with Gasteiger partial charge in [0.05, 0.1) is 12.4 Å². The van der Waals surface area contributed by atoms with Crippen molar-refractivity contribution in [2.45, 2.75) is 12.1 Å². The number of fused-ring (bicyclic) bond motifs is 1. The normalized spacial score (nSPS) is 10.8.